The molecule has 0 spiro atoms. The molecule has 0 radical (unpaired) electrons. The molecule has 0 bridgehead atoms. The van der Waals surface area contributed by atoms with Crippen LogP contribution in [0.3, 0.4) is 0 Å². The number of allylic oxidation sites excluding steroid dienone is 3. The van der Waals surface area contributed by atoms with Gasteiger partial charge in [-0.25, -0.2) is 0 Å². The maximum Gasteiger partial charge on any atom is 0.0512 e. The van der Waals surface area contributed by atoms with E-state index in [1.807, 2.05) is 6.92 Å². The van der Waals surface area contributed by atoms with Crippen LogP contribution >= 0.6 is 0 Å². The highest BCUT2D eigenvalue weighted by Gasteiger charge is 2.10. The first-order chi connectivity index (χ1) is 7.97. The van der Waals surface area contributed by atoms with Crippen LogP contribution < -0.4 is 0 Å². The average molecular weight is 240 g/mol. The molecule has 2 heteroatoms. The molecule has 2 atom stereocenters. The van der Waals surface area contributed by atoms with Crippen molar-refractivity contribution in [3.05, 3.63) is 24.3 Å². The van der Waals surface area contributed by atoms with Gasteiger partial charge in [-0.15, -0.1) is 0 Å². The molecule has 0 aromatic heterocycles. The first-order valence-corrected chi connectivity index (χ1v) is 6.62. The summed E-state index contributed by atoms with van der Waals surface area (Å²) >= 11 is 0. The monoisotopic (exact) mass is 240 g/mol. The topological polar surface area (TPSA) is 40.5 Å². The van der Waals surface area contributed by atoms with Crippen molar-refractivity contribution in [1.29, 1.82) is 0 Å². The number of aliphatic hydroxyl groups excluding tert-OH is 2. The van der Waals surface area contributed by atoms with Crippen LogP contribution in [-0.4, -0.2) is 22.9 Å². The minimum absolute atomic E-state index is 0.220. The minimum Gasteiger partial charge on any atom is -0.396 e. The number of hydrogen-bond acceptors (Lipinski definition) is 2. The lowest BCUT2D eigenvalue weighted by molar-refractivity contribution is 0.172. The van der Waals surface area contributed by atoms with E-state index in [0.29, 0.717) is 11.8 Å². The summed E-state index contributed by atoms with van der Waals surface area (Å²) in [6.45, 7) is 10.4. The van der Waals surface area contributed by atoms with E-state index in [1.54, 1.807) is 0 Å². The Morgan fingerprint density at radius 3 is 2.35 bits per heavy atom. The molecule has 2 N–H and O–H groups in total. The highest BCUT2D eigenvalue weighted by molar-refractivity contribution is 5.15. The Kier molecular flexibility index (Phi) is 9.10. The van der Waals surface area contributed by atoms with Gasteiger partial charge in [0.05, 0.1) is 6.10 Å². The number of rotatable bonds is 9. The molecular formula is C15H28O2. The third-order valence-electron chi connectivity index (χ3n) is 3.01. The second-order valence-electron chi connectivity index (χ2n) is 5.18. The van der Waals surface area contributed by atoms with Crippen molar-refractivity contribution in [3.63, 3.8) is 0 Å². The van der Waals surface area contributed by atoms with Crippen molar-refractivity contribution in [2.24, 2.45) is 11.8 Å². The summed E-state index contributed by atoms with van der Waals surface area (Å²) in [5.41, 5.74) is 1.07. The summed E-state index contributed by atoms with van der Waals surface area (Å²) in [5, 5.41) is 18.0. The fraction of sp³-hybridized carbons (Fsp3) is 0.733. The summed E-state index contributed by atoms with van der Waals surface area (Å²) in [7, 11) is 0. The van der Waals surface area contributed by atoms with Crippen LogP contribution in [0.15, 0.2) is 24.3 Å². The Morgan fingerprint density at radius 1 is 1.24 bits per heavy atom. The van der Waals surface area contributed by atoms with Crippen molar-refractivity contribution in [2.45, 2.75) is 52.6 Å². The highest BCUT2D eigenvalue weighted by atomic mass is 16.3. The Hall–Kier alpha value is -0.600. The lowest BCUT2D eigenvalue weighted by atomic mass is 9.89. The van der Waals surface area contributed by atoms with Crippen molar-refractivity contribution in [1.82, 2.24) is 0 Å². The second-order valence-corrected chi connectivity index (χ2v) is 5.18. The normalized spacial score (nSPS) is 15.4. The van der Waals surface area contributed by atoms with Gasteiger partial charge < -0.3 is 10.2 Å². The van der Waals surface area contributed by atoms with Crippen LogP contribution in [0.5, 0.6) is 0 Å². The third kappa shape index (κ3) is 9.13. The fourth-order valence-electron chi connectivity index (χ4n) is 1.73. The molecule has 17 heavy (non-hydrogen) atoms. The molecule has 0 rings (SSSR count). The molecule has 0 aliphatic rings. The van der Waals surface area contributed by atoms with Gasteiger partial charge >= 0.3 is 0 Å². The van der Waals surface area contributed by atoms with E-state index >= 15 is 0 Å². The molecule has 0 saturated heterocycles. The van der Waals surface area contributed by atoms with E-state index in [4.69, 9.17) is 5.11 Å². The zero-order valence-electron chi connectivity index (χ0n) is 11.5. The summed E-state index contributed by atoms with van der Waals surface area (Å²) < 4.78 is 0. The van der Waals surface area contributed by atoms with Gasteiger partial charge in [0.15, 0.2) is 0 Å². The van der Waals surface area contributed by atoms with Crippen LogP contribution in [0.1, 0.15) is 46.5 Å². The Labute approximate surface area is 106 Å². The predicted octanol–water partition coefficient (Wildman–Crippen LogP) is 3.30. The van der Waals surface area contributed by atoms with Gasteiger partial charge in [0.1, 0.15) is 0 Å². The molecule has 2 nitrogen and oxygen atoms in total. The molecule has 0 heterocycles. The fourth-order valence-corrected chi connectivity index (χ4v) is 1.73. The Balaban J connectivity index is 4.14. The summed E-state index contributed by atoms with van der Waals surface area (Å²) in [4.78, 5) is 0. The molecule has 2 unspecified atom stereocenters. The van der Waals surface area contributed by atoms with E-state index in [-0.39, 0.29) is 12.7 Å². The SMILES string of the molecule is C=C(C=CC(CCC(C)O)C(C)C)CCCO. The van der Waals surface area contributed by atoms with Crippen LogP contribution in [0.4, 0.5) is 0 Å². The van der Waals surface area contributed by atoms with Gasteiger partial charge in [0.2, 0.25) is 0 Å². The van der Waals surface area contributed by atoms with Gasteiger partial charge in [-0.05, 0) is 44.4 Å². The minimum atomic E-state index is -0.220. The van der Waals surface area contributed by atoms with E-state index < -0.39 is 0 Å². The molecule has 0 aromatic rings. The zero-order valence-corrected chi connectivity index (χ0v) is 11.5. The second kappa shape index (κ2) is 9.43. The smallest absolute Gasteiger partial charge is 0.0512 e. The average Bonchev–Trinajstić information content (AvgIpc) is 2.25. The first-order valence-electron chi connectivity index (χ1n) is 6.62. The molecule has 0 saturated carbocycles. The molecule has 0 amide bonds. The Morgan fingerprint density at radius 2 is 1.88 bits per heavy atom. The molecular weight excluding hydrogens is 212 g/mol. The van der Waals surface area contributed by atoms with Crippen molar-refractivity contribution < 1.29 is 10.2 Å². The maximum atomic E-state index is 9.31. The Bertz CT molecular complexity index is 229. The van der Waals surface area contributed by atoms with E-state index in [0.717, 1.165) is 31.3 Å². The van der Waals surface area contributed by atoms with Gasteiger partial charge in [-0.2, -0.15) is 0 Å². The number of aliphatic hydroxyl groups is 2. The van der Waals surface area contributed by atoms with E-state index in [1.165, 1.54) is 0 Å². The molecule has 0 aliphatic carbocycles. The molecule has 0 fully saturated rings. The predicted molar refractivity (Wildman–Crippen MR) is 73.8 cm³/mol. The van der Waals surface area contributed by atoms with E-state index in [2.05, 4.69) is 32.6 Å². The lowest BCUT2D eigenvalue weighted by Gasteiger charge is -2.17. The van der Waals surface area contributed by atoms with Crippen molar-refractivity contribution in [2.75, 3.05) is 6.61 Å². The van der Waals surface area contributed by atoms with Crippen LogP contribution in [-0.2, 0) is 0 Å². The summed E-state index contributed by atoms with van der Waals surface area (Å²) in [5.74, 6) is 1.08. The quantitative estimate of drug-likeness (QED) is 0.607. The van der Waals surface area contributed by atoms with E-state index in [9.17, 15) is 5.11 Å². The zero-order chi connectivity index (χ0) is 13.3. The van der Waals surface area contributed by atoms with Gasteiger partial charge in [0, 0.05) is 6.61 Å². The lowest BCUT2D eigenvalue weighted by Crippen LogP contribution is -2.09. The molecule has 0 aliphatic heterocycles. The molecule has 0 aromatic carbocycles. The van der Waals surface area contributed by atoms with Gasteiger partial charge in [0.25, 0.3) is 0 Å². The highest BCUT2D eigenvalue weighted by Crippen LogP contribution is 2.20. The van der Waals surface area contributed by atoms with Gasteiger partial charge in [-0.3, -0.25) is 0 Å². The van der Waals surface area contributed by atoms with Crippen LogP contribution in [0, 0.1) is 11.8 Å². The van der Waals surface area contributed by atoms with Crippen molar-refractivity contribution in [3.8, 4) is 0 Å². The third-order valence-corrected chi connectivity index (χ3v) is 3.01. The summed E-state index contributed by atoms with van der Waals surface area (Å²) in [6, 6.07) is 0. The van der Waals surface area contributed by atoms with Crippen LogP contribution in [0.2, 0.25) is 0 Å². The van der Waals surface area contributed by atoms with Gasteiger partial charge in [-0.1, -0.05) is 38.2 Å². The number of hydrogen-bond donors (Lipinski definition) is 2. The first kappa shape index (κ1) is 16.4. The molecule has 100 valence electrons. The summed E-state index contributed by atoms with van der Waals surface area (Å²) in [6.07, 6.45) is 7.55. The largest absolute Gasteiger partial charge is 0.396 e. The van der Waals surface area contributed by atoms with Crippen molar-refractivity contribution >= 4 is 0 Å². The van der Waals surface area contributed by atoms with Crippen LogP contribution in [0.25, 0.3) is 0 Å². The maximum absolute atomic E-state index is 9.31. The standard InChI is InChI=1S/C15H28O2/c1-12(2)15(10-8-14(4)17)9-7-13(3)6-5-11-16/h7,9,12,14-17H,3,5-6,8,10-11H2,1-2,4H3.